The van der Waals surface area contributed by atoms with E-state index in [1.54, 1.807) is 11.8 Å². The van der Waals surface area contributed by atoms with Gasteiger partial charge in [-0.1, -0.05) is 13.8 Å². The number of aliphatic hydroxyl groups excluding tert-OH is 1. The Labute approximate surface area is 123 Å². The maximum atomic E-state index is 11.3. The molecule has 0 aliphatic carbocycles. The van der Waals surface area contributed by atoms with Crippen LogP contribution in [0.3, 0.4) is 0 Å². The van der Waals surface area contributed by atoms with Gasteiger partial charge in [0.2, 0.25) is 0 Å². The fourth-order valence-electron chi connectivity index (χ4n) is 2.24. The second-order valence-electron chi connectivity index (χ2n) is 4.69. The van der Waals surface area contributed by atoms with Gasteiger partial charge in [-0.2, -0.15) is 0 Å². The molecule has 20 heavy (non-hydrogen) atoms. The third kappa shape index (κ3) is 4.36. The maximum Gasteiger partial charge on any atom is 0.303 e. The number of esters is 2. The quantitative estimate of drug-likeness (QED) is 0.757. The average Bonchev–Trinajstić information content (AvgIpc) is 2.36. The first-order chi connectivity index (χ1) is 9.40. The van der Waals surface area contributed by atoms with Gasteiger partial charge in [-0.25, -0.2) is 0 Å². The fraction of sp³-hybridized carbons (Fsp3) is 0.846. The minimum atomic E-state index is -0.787. The molecule has 7 heteroatoms. The summed E-state index contributed by atoms with van der Waals surface area (Å²) in [5.41, 5.74) is -0.215. The van der Waals surface area contributed by atoms with Gasteiger partial charge < -0.3 is 19.3 Å². The van der Waals surface area contributed by atoms with Crippen LogP contribution in [0.25, 0.3) is 0 Å². The van der Waals surface area contributed by atoms with Crippen LogP contribution in [0.15, 0.2) is 0 Å². The van der Waals surface area contributed by atoms with E-state index >= 15 is 0 Å². The smallest absolute Gasteiger partial charge is 0.303 e. The number of hydrogen-bond acceptors (Lipinski definition) is 7. The summed E-state index contributed by atoms with van der Waals surface area (Å²) in [5, 5.41) is 9.43. The van der Waals surface area contributed by atoms with Crippen molar-refractivity contribution in [2.45, 2.75) is 51.4 Å². The molecule has 1 aliphatic rings. The van der Waals surface area contributed by atoms with Crippen LogP contribution in [0.4, 0.5) is 0 Å². The number of ether oxygens (including phenoxy) is 3. The fourth-order valence-corrected chi connectivity index (χ4v) is 3.25. The van der Waals surface area contributed by atoms with E-state index in [1.165, 1.54) is 13.8 Å². The zero-order chi connectivity index (χ0) is 15.3. The molecule has 1 aliphatic heterocycles. The molecule has 1 N–H and O–H groups in total. The van der Waals surface area contributed by atoms with Crippen LogP contribution in [0.2, 0.25) is 0 Å². The molecule has 1 fully saturated rings. The lowest BCUT2D eigenvalue weighted by molar-refractivity contribution is -0.215. The lowest BCUT2D eigenvalue weighted by Gasteiger charge is -2.43. The molecule has 0 bridgehead atoms. The highest BCUT2D eigenvalue weighted by molar-refractivity contribution is 7.99. The molecule has 1 saturated heterocycles. The number of carbonyl (C=O) groups is 2. The summed E-state index contributed by atoms with van der Waals surface area (Å²) in [6.07, 6.45) is -2.10. The van der Waals surface area contributed by atoms with E-state index < -0.39 is 30.3 Å². The van der Waals surface area contributed by atoms with Crippen molar-refractivity contribution in [2.75, 3.05) is 12.4 Å². The average molecular weight is 306 g/mol. The molecule has 1 rings (SSSR count). The first kappa shape index (κ1) is 17.3. The molecule has 116 valence electrons. The van der Waals surface area contributed by atoms with E-state index in [-0.39, 0.29) is 18.0 Å². The first-order valence-corrected chi connectivity index (χ1v) is 7.67. The van der Waals surface area contributed by atoms with Crippen molar-refractivity contribution in [1.82, 2.24) is 0 Å². The van der Waals surface area contributed by atoms with Gasteiger partial charge in [0.05, 0.1) is 6.61 Å². The number of carbonyl (C=O) groups excluding carboxylic acids is 2. The molecule has 0 aromatic rings. The SMILES string of the molecule is CCSC1OC(CO)[C@@H](OC(C)=O)[C@H](OC(C)=O)[C@@H]1C. The van der Waals surface area contributed by atoms with Gasteiger partial charge >= 0.3 is 11.9 Å². The summed E-state index contributed by atoms with van der Waals surface area (Å²) >= 11 is 1.57. The van der Waals surface area contributed by atoms with Gasteiger partial charge in [-0.15, -0.1) is 11.8 Å². The molecule has 5 atom stereocenters. The van der Waals surface area contributed by atoms with Crippen LogP contribution >= 0.6 is 11.8 Å². The molecule has 0 aromatic heterocycles. The second kappa shape index (κ2) is 7.85. The van der Waals surface area contributed by atoms with Crippen molar-refractivity contribution in [3.63, 3.8) is 0 Å². The van der Waals surface area contributed by atoms with Crippen molar-refractivity contribution < 1.29 is 28.9 Å². The highest BCUT2D eigenvalue weighted by Gasteiger charge is 2.47. The monoisotopic (exact) mass is 306 g/mol. The second-order valence-corrected chi connectivity index (χ2v) is 6.06. The Kier molecular flexibility index (Phi) is 6.78. The molecule has 0 saturated carbocycles. The number of thioether (sulfide) groups is 1. The molecule has 6 nitrogen and oxygen atoms in total. The Balaban J connectivity index is 2.96. The van der Waals surface area contributed by atoms with Gasteiger partial charge in [0.1, 0.15) is 17.6 Å². The van der Waals surface area contributed by atoms with Crippen LogP contribution in [0.5, 0.6) is 0 Å². The zero-order valence-corrected chi connectivity index (χ0v) is 13.0. The third-order valence-corrected chi connectivity index (χ3v) is 4.26. The molecular formula is C13H22O6S. The summed E-state index contributed by atoms with van der Waals surface area (Å²) in [6.45, 7) is 6.15. The van der Waals surface area contributed by atoms with E-state index in [4.69, 9.17) is 14.2 Å². The Morgan fingerprint density at radius 3 is 2.20 bits per heavy atom. The molecular weight excluding hydrogens is 284 g/mol. The molecule has 0 radical (unpaired) electrons. The predicted molar refractivity (Wildman–Crippen MR) is 74.2 cm³/mol. The van der Waals surface area contributed by atoms with Crippen LogP contribution in [0.1, 0.15) is 27.7 Å². The first-order valence-electron chi connectivity index (χ1n) is 6.63. The molecule has 0 amide bonds. The van der Waals surface area contributed by atoms with Crippen molar-refractivity contribution in [2.24, 2.45) is 5.92 Å². The maximum absolute atomic E-state index is 11.3. The van der Waals surface area contributed by atoms with Crippen LogP contribution in [-0.4, -0.2) is 53.2 Å². The molecule has 2 unspecified atom stereocenters. The van der Waals surface area contributed by atoms with Gasteiger partial charge in [0, 0.05) is 19.8 Å². The number of rotatable bonds is 5. The van der Waals surface area contributed by atoms with Crippen molar-refractivity contribution in [1.29, 1.82) is 0 Å². The largest absolute Gasteiger partial charge is 0.458 e. The number of aliphatic hydroxyl groups is 1. The normalized spacial score (nSPS) is 33.5. The lowest BCUT2D eigenvalue weighted by atomic mass is 9.93. The Morgan fingerprint density at radius 1 is 1.20 bits per heavy atom. The number of hydrogen-bond donors (Lipinski definition) is 1. The van der Waals surface area contributed by atoms with Gasteiger partial charge in [0.25, 0.3) is 0 Å². The van der Waals surface area contributed by atoms with Gasteiger partial charge in [-0.3, -0.25) is 9.59 Å². The van der Waals surface area contributed by atoms with Gasteiger partial charge in [0.15, 0.2) is 6.10 Å². The van der Waals surface area contributed by atoms with E-state index in [9.17, 15) is 14.7 Å². The molecule has 0 aromatic carbocycles. The van der Waals surface area contributed by atoms with E-state index in [2.05, 4.69) is 0 Å². The van der Waals surface area contributed by atoms with Gasteiger partial charge in [-0.05, 0) is 5.75 Å². The van der Waals surface area contributed by atoms with Crippen LogP contribution in [-0.2, 0) is 23.8 Å². The van der Waals surface area contributed by atoms with Crippen LogP contribution in [0, 0.1) is 5.92 Å². The summed E-state index contributed by atoms with van der Waals surface area (Å²) in [6, 6.07) is 0. The Bertz CT molecular complexity index is 348. The summed E-state index contributed by atoms with van der Waals surface area (Å²) in [4.78, 5) is 22.5. The summed E-state index contributed by atoms with van der Waals surface area (Å²) < 4.78 is 16.3. The zero-order valence-electron chi connectivity index (χ0n) is 12.2. The van der Waals surface area contributed by atoms with E-state index in [1.807, 2.05) is 13.8 Å². The third-order valence-electron chi connectivity index (χ3n) is 3.06. The minimum Gasteiger partial charge on any atom is -0.458 e. The van der Waals surface area contributed by atoms with E-state index in [0.717, 1.165) is 5.75 Å². The highest BCUT2D eigenvalue weighted by Crippen LogP contribution is 2.35. The topological polar surface area (TPSA) is 82.1 Å². The summed E-state index contributed by atoms with van der Waals surface area (Å²) in [7, 11) is 0. The van der Waals surface area contributed by atoms with Crippen molar-refractivity contribution in [3.8, 4) is 0 Å². The van der Waals surface area contributed by atoms with Crippen molar-refractivity contribution >= 4 is 23.7 Å². The summed E-state index contributed by atoms with van der Waals surface area (Å²) in [5.74, 6) is -0.255. The Hall–Kier alpha value is -0.790. The molecule has 0 spiro atoms. The predicted octanol–water partition coefficient (Wildman–Crippen LogP) is 0.956. The highest BCUT2D eigenvalue weighted by atomic mass is 32.2. The lowest BCUT2D eigenvalue weighted by Crippen LogP contribution is -2.56. The van der Waals surface area contributed by atoms with Crippen molar-refractivity contribution in [3.05, 3.63) is 0 Å². The molecule has 1 heterocycles. The minimum absolute atomic E-state index is 0.143. The Morgan fingerprint density at radius 2 is 1.75 bits per heavy atom. The van der Waals surface area contributed by atoms with E-state index in [0.29, 0.717) is 0 Å². The standard InChI is InChI=1S/C13H22O6S/c1-5-20-13-7(2)11(17-8(3)15)12(18-9(4)16)10(6-14)19-13/h7,10-14H,5-6H2,1-4H3/t7-,10?,11+,12+,13?/m0/s1. The van der Waals surface area contributed by atoms with Crippen LogP contribution < -0.4 is 0 Å².